The summed E-state index contributed by atoms with van der Waals surface area (Å²) in [5, 5.41) is 12.3. The Hall–Kier alpha value is -1.18. The molecule has 2 heterocycles. The number of aromatic nitrogens is 2. The van der Waals surface area contributed by atoms with Gasteiger partial charge in [-0.2, -0.15) is 5.10 Å². The number of halogens is 1. The zero-order valence-electron chi connectivity index (χ0n) is 10.5. The van der Waals surface area contributed by atoms with E-state index in [-0.39, 0.29) is 5.56 Å². The molecule has 0 amide bonds. The number of nitrogens with one attached hydrogen (secondary N) is 2. The number of likely N-dealkylation sites (N-methyl/N-ethyl adjacent to an activating group) is 1. The smallest absolute Gasteiger partial charge is 0.269 e. The van der Waals surface area contributed by atoms with E-state index in [1.165, 1.54) is 4.68 Å². The molecule has 0 aliphatic heterocycles. The van der Waals surface area contributed by atoms with E-state index >= 15 is 0 Å². The first-order valence-electron chi connectivity index (χ1n) is 5.87. The second-order valence-electron chi connectivity index (χ2n) is 4.00. The first kappa shape index (κ1) is 14.2. The molecule has 0 saturated heterocycles. The van der Waals surface area contributed by atoms with E-state index in [4.69, 9.17) is 0 Å². The molecule has 0 bridgehead atoms. The topological polar surface area (TPSA) is 59.0 Å². The Morgan fingerprint density at radius 3 is 2.89 bits per heavy atom. The van der Waals surface area contributed by atoms with Gasteiger partial charge in [-0.25, -0.2) is 4.68 Å². The number of hydrogen-bond donors (Lipinski definition) is 2. The van der Waals surface area contributed by atoms with E-state index in [9.17, 15) is 4.79 Å². The van der Waals surface area contributed by atoms with Gasteiger partial charge in [-0.15, -0.1) is 11.3 Å². The van der Waals surface area contributed by atoms with Crippen LogP contribution in [0.25, 0.3) is 0 Å². The highest BCUT2D eigenvalue weighted by atomic mass is 79.9. The Labute approximate surface area is 123 Å². The van der Waals surface area contributed by atoms with Gasteiger partial charge in [-0.05, 0) is 29.0 Å². The van der Waals surface area contributed by atoms with Gasteiger partial charge in [0.05, 0.1) is 18.4 Å². The van der Waals surface area contributed by atoms with Crippen molar-refractivity contribution in [2.75, 3.05) is 25.5 Å². The van der Waals surface area contributed by atoms with Crippen LogP contribution in [0, 0.1) is 0 Å². The van der Waals surface area contributed by atoms with Crippen LogP contribution in [0.2, 0.25) is 0 Å². The molecule has 2 N–H and O–H groups in total. The molecule has 0 aromatic carbocycles. The van der Waals surface area contributed by atoms with Gasteiger partial charge in [0, 0.05) is 33.9 Å². The van der Waals surface area contributed by atoms with Crippen molar-refractivity contribution >= 4 is 33.0 Å². The van der Waals surface area contributed by atoms with Crippen LogP contribution in [0.1, 0.15) is 4.88 Å². The molecule has 0 fully saturated rings. The van der Waals surface area contributed by atoms with Crippen LogP contribution in [-0.4, -0.2) is 29.9 Å². The highest BCUT2D eigenvalue weighted by molar-refractivity contribution is 9.10. The fourth-order valence-corrected chi connectivity index (χ4v) is 3.00. The molecule has 7 heteroatoms. The maximum absolute atomic E-state index is 11.9. The van der Waals surface area contributed by atoms with E-state index in [2.05, 4.69) is 31.7 Å². The second-order valence-corrected chi connectivity index (χ2v) is 5.91. The monoisotopic (exact) mass is 342 g/mol. The lowest BCUT2D eigenvalue weighted by molar-refractivity contribution is 0.645. The zero-order valence-corrected chi connectivity index (χ0v) is 12.9. The lowest BCUT2D eigenvalue weighted by atomic mass is 10.4. The van der Waals surface area contributed by atoms with E-state index in [1.807, 2.05) is 18.5 Å². The molecule has 2 aromatic rings. The summed E-state index contributed by atoms with van der Waals surface area (Å²) >= 11 is 5.00. The van der Waals surface area contributed by atoms with Crippen molar-refractivity contribution in [1.29, 1.82) is 0 Å². The number of nitrogens with zero attached hydrogens (tertiary/aromatic N) is 2. The summed E-state index contributed by atoms with van der Waals surface area (Å²) in [7, 11) is 1.89. The lowest BCUT2D eigenvalue weighted by Gasteiger charge is -2.07. The van der Waals surface area contributed by atoms with Gasteiger partial charge in [0.25, 0.3) is 5.56 Å². The molecule has 102 valence electrons. The zero-order chi connectivity index (χ0) is 13.7. The van der Waals surface area contributed by atoms with Crippen LogP contribution < -0.4 is 16.2 Å². The molecule has 19 heavy (non-hydrogen) atoms. The van der Waals surface area contributed by atoms with Gasteiger partial charge < -0.3 is 10.6 Å². The number of anilines is 1. The third-order valence-corrected chi connectivity index (χ3v) is 4.18. The molecule has 0 spiro atoms. The van der Waals surface area contributed by atoms with Crippen LogP contribution in [0.5, 0.6) is 0 Å². The molecule has 0 unspecified atom stereocenters. The minimum absolute atomic E-state index is 0.0982. The maximum Gasteiger partial charge on any atom is 0.269 e. The standard InChI is InChI=1S/C12H15BrN4OS/c1-14-2-3-15-10-5-12(18)17(16-6-10)7-11-4-9(13)8-19-11/h4-6,8,14-15H,2-3,7H2,1H3. The summed E-state index contributed by atoms with van der Waals surface area (Å²) in [4.78, 5) is 13.0. The predicted octanol–water partition coefficient (Wildman–Crippen LogP) is 1.75. The van der Waals surface area contributed by atoms with Gasteiger partial charge in [0.1, 0.15) is 0 Å². The number of rotatable bonds is 6. The van der Waals surface area contributed by atoms with Gasteiger partial charge in [0.15, 0.2) is 0 Å². The van der Waals surface area contributed by atoms with Crippen LogP contribution >= 0.6 is 27.3 Å². The highest BCUT2D eigenvalue weighted by Crippen LogP contribution is 2.19. The molecule has 0 aliphatic carbocycles. The molecule has 0 saturated carbocycles. The first-order chi connectivity index (χ1) is 9.19. The predicted molar refractivity (Wildman–Crippen MR) is 82.0 cm³/mol. The Balaban J connectivity index is 2.04. The number of thiophene rings is 1. The molecule has 2 rings (SSSR count). The summed E-state index contributed by atoms with van der Waals surface area (Å²) in [5.74, 6) is 0. The average molecular weight is 343 g/mol. The fourth-order valence-electron chi connectivity index (χ4n) is 1.57. The fraction of sp³-hybridized carbons (Fsp3) is 0.333. The number of hydrogen-bond acceptors (Lipinski definition) is 5. The van der Waals surface area contributed by atoms with E-state index in [0.29, 0.717) is 6.54 Å². The minimum atomic E-state index is -0.0982. The van der Waals surface area contributed by atoms with Gasteiger partial charge in [-0.3, -0.25) is 4.79 Å². The van der Waals surface area contributed by atoms with Crippen molar-refractivity contribution in [3.05, 3.63) is 43.4 Å². The minimum Gasteiger partial charge on any atom is -0.382 e. The third kappa shape index (κ3) is 4.15. The molecule has 0 aliphatic rings. The second kappa shape index (κ2) is 6.83. The quantitative estimate of drug-likeness (QED) is 0.785. The van der Waals surface area contributed by atoms with Gasteiger partial charge >= 0.3 is 0 Å². The highest BCUT2D eigenvalue weighted by Gasteiger charge is 2.03. The largest absolute Gasteiger partial charge is 0.382 e. The van der Waals surface area contributed by atoms with Crippen LogP contribution in [0.15, 0.2) is 33.0 Å². The van der Waals surface area contributed by atoms with Crippen molar-refractivity contribution < 1.29 is 0 Å². The summed E-state index contributed by atoms with van der Waals surface area (Å²) in [6.45, 7) is 2.11. The van der Waals surface area contributed by atoms with Gasteiger partial charge in [-0.1, -0.05) is 0 Å². The molecule has 2 aromatic heterocycles. The van der Waals surface area contributed by atoms with Crippen LogP contribution in [-0.2, 0) is 6.54 Å². The normalized spacial score (nSPS) is 10.6. The molecule has 0 atom stereocenters. The van der Waals surface area contributed by atoms with Gasteiger partial charge in [0.2, 0.25) is 0 Å². The molecule has 0 radical (unpaired) electrons. The first-order valence-corrected chi connectivity index (χ1v) is 7.55. The van der Waals surface area contributed by atoms with Crippen molar-refractivity contribution in [2.45, 2.75) is 6.54 Å². The van der Waals surface area contributed by atoms with Crippen LogP contribution in [0.3, 0.4) is 0 Å². The van der Waals surface area contributed by atoms with Crippen molar-refractivity contribution in [2.24, 2.45) is 0 Å². The summed E-state index contributed by atoms with van der Waals surface area (Å²) in [6.07, 6.45) is 1.68. The van der Waals surface area contributed by atoms with E-state index < -0.39 is 0 Å². The van der Waals surface area contributed by atoms with Crippen molar-refractivity contribution in [1.82, 2.24) is 15.1 Å². The Kier molecular flexibility index (Phi) is 5.12. The lowest BCUT2D eigenvalue weighted by Crippen LogP contribution is -2.24. The summed E-state index contributed by atoms with van der Waals surface area (Å²) < 4.78 is 2.49. The Bertz CT molecular complexity index is 595. The third-order valence-electron chi connectivity index (χ3n) is 2.50. The summed E-state index contributed by atoms with van der Waals surface area (Å²) in [6, 6.07) is 3.57. The summed E-state index contributed by atoms with van der Waals surface area (Å²) in [5.41, 5.74) is 0.655. The molecular formula is C12H15BrN4OS. The van der Waals surface area contributed by atoms with Crippen LogP contribution in [0.4, 0.5) is 5.69 Å². The average Bonchev–Trinajstić information content (AvgIpc) is 2.79. The molecule has 5 nitrogen and oxygen atoms in total. The Morgan fingerprint density at radius 1 is 1.42 bits per heavy atom. The maximum atomic E-state index is 11.9. The molecular weight excluding hydrogens is 328 g/mol. The SMILES string of the molecule is CNCCNc1cnn(Cc2cc(Br)cs2)c(=O)c1. The van der Waals surface area contributed by atoms with E-state index in [0.717, 1.165) is 28.1 Å². The van der Waals surface area contributed by atoms with E-state index in [1.54, 1.807) is 23.6 Å². The Morgan fingerprint density at radius 2 is 2.26 bits per heavy atom. The van der Waals surface area contributed by atoms with Crippen molar-refractivity contribution in [3.8, 4) is 0 Å². The van der Waals surface area contributed by atoms with Crippen molar-refractivity contribution in [3.63, 3.8) is 0 Å².